The van der Waals surface area contributed by atoms with Gasteiger partial charge in [-0.3, -0.25) is 19.1 Å². The standard InChI is InChI=1S/C20H33N5O2.2CH2O2/c1-23-11-4-18(22-23)21-20(19(26)25-9-2-3-10-25)7-12-24(13-8-20)16-17-5-14-27-15-6-17;2*2-1-3/h4,11,17H,2-3,5-10,12-16H2,1H3,(H,21,22);2*1H,(H,2,3). The van der Waals surface area contributed by atoms with Crippen LogP contribution in [-0.4, -0.2) is 100 Å². The van der Waals surface area contributed by atoms with Crippen LogP contribution in [0.3, 0.4) is 0 Å². The van der Waals surface area contributed by atoms with Gasteiger partial charge >= 0.3 is 0 Å². The van der Waals surface area contributed by atoms with Crippen LogP contribution < -0.4 is 5.32 Å². The Morgan fingerprint density at radius 3 is 2.24 bits per heavy atom. The number of piperidine rings is 1. The molecule has 11 nitrogen and oxygen atoms in total. The maximum absolute atomic E-state index is 13.4. The number of aromatic nitrogens is 2. The summed E-state index contributed by atoms with van der Waals surface area (Å²) in [5, 5.41) is 21.8. The van der Waals surface area contributed by atoms with Gasteiger partial charge in [0.15, 0.2) is 0 Å². The van der Waals surface area contributed by atoms with Crippen LogP contribution in [0.15, 0.2) is 12.3 Å². The normalized spacial score (nSPS) is 20.6. The second kappa shape index (κ2) is 13.8. The van der Waals surface area contributed by atoms with Crippen LogP contribution in [0.25, 0.3) is 0 Å². The van der Waals surface area contributed by atoms with Gasteiger partial charge in [0.2, 0.25) is 5.91 Å². The molecule has 33 heavy (non-hydrogen) atoms. The second-order valence-electron chi connectivity index (χ2n) is 8.65. The van der Waals surface area contributed by atoms with Crippen molar-refractivity contribution in [1.82, 2.24) is 19.6 Å². The fourth-order valence-electron chi connectivity index (χ4n) is 4.75. The number of ether oxygens (including phenoxy) is 1. The molecule has 3 aliphatic rings. The van der Waals surface area contributed by atoms with Gasteiger partial charge in [0.25, 0.3) is 12.9 Å². The molecule has 4 heterocycles. The lowest BCUT2D eigenvalue weighted by molar-refractivity contribution is -0.136. The summed E-state index contributed by atoms with van der Waals surface area (Å²) >= 11 is 0. The molecule has 3 fully saturated rings. The van der Waals surface area contributed by atoms with Crippen LogP contribution in [0.4, 0.5) is 5.82 Å². The monoisotopic (exact) mass is 467 g/mol. The Morgan fingerprint density at radius 1 is 1.15 bits per heavy atom. The first-order valence-corrected chi connectivity index (χ1v) is 11.5. The van der Waals surface area contributed by atoms with E-state index in [1.807, 2.05) is 19.3 Å². The number of nitrogens with zero attached hydrogens (tertiary/aromatic N) is 4. The van der Waals surface area contributed by atoms with Crippen molar-refractivity contribution in [1.29, 1.82) is 0 Å². The summed E-state index contributed by atoms with van der Waals surface area (Å²) in [7, 11) is 1.91. The van der Waals surface area contributed by atoms with E-state index in [0.717, 1.165) is 83.4 Å². The van der Waals surface area contributed by atoms with Gasteiger partial charge < -0.3 is 30.1 Å². The Kier molecular flexibility index (Phi) is 11.1. The molecule has 11 heteroatoms. The minimum absolute atomic E-state index is 0.250. The molecule has 4 rings (SSSR count). The van der Waals surface area contributed by atoms with Crippen molar-refractivity contribution in [2.45, 2.75) is 44.1 Å². The van der Waals surface area contributed by atoms with Gasteiger partial charge in [-0.1, -0.05) is 0 Å². The molecule has 0 saturated carbocycles. The van der Waals surface area contributed by atoms with Crippen molar-refractivity contribution >= 4 is 24.7 Å². The van der Waals surface area contributed by atoms with Gasteiger partial charge in [-0.2, -0.15) is 5.10 Å². The first-order chi connectivity index (χ1) is 16.0. The first kappa shape index (κ1) is 26.6. The summed E-state index contributed by atoms with van der Waals surface area (Å²) in [6, 6.07) is 1.97. The SMILES string of the molecule is Cn1ccc(NC2(C(=O)N3CCCC3)CCN(CC3CCOCC3)CC2)n1.O=CO.O=CO. The first-order valence-electron chi connectivity index (χ1n) is 11.5. The lowest BCUT2D eigenvalue weighted by Crippen LogP contribution is -2.59. The molecule has 3 saturated heterocycles. The van der Waals surface area contributed by atoms with Crippen LogP contribution in [0.1, 0.15) is 38.5 Å². The lowest BCUT2D eigenvalue weighted by Gasteiger charge is -2.44. The molecule has 1 aromatic rings. The number of likely N-dealkylation sites (tertiary alicyclic amines) is 2. The number of hydrogen-bond donors (Lipinski definition) is 3. The molecule has 3 aliphatic heterocycles. The number of rotatable bonds is 5. The van der Waals surface area contributed by atoms with E-state index in [9.17, 15) is 4.79 Å². The van der Waals surface area contributed by atoms with E-state index in [-0.39, 0.29) is 18.9 Å². The van der Waals surface area contributed by atoms with Crippen molar-refractivity contribution in [3.8, 4) is 0 Å². The van der Waals surface area contributed by atoms with Gasteiger partial charge in [-0.15, -0.1) is 0 Å². The Morgan fingerprint density at radius 2 is 1.73 bits per heavy atom. The fourth-order valence-corrected chi connectivity index (χ4v) is 4.75. The van der Waals surface area contributed by atoms with Crippen LogP contribution in [0.2, 0.25) is 0 Å². The summed E-state index contributed by atoms with van der Waals surface area (Å²) in [6.45, 7) is 6.18. The average molecular weight is 468 g/mol. The minimum Gasteiger partial charge on any atom is -0.483 e. The molecule has 1 aromatic heterocycles. The lowest BCUT2D eigenvalue weighted by atomic mass is 9.85. The zero-order valence-corrected chi connectivity index (χ0v) is 19.4. The smallest absolute Gasteiger partial charge is 0.290 e. The fraction of sp³-hybridized carbons (Fsp3) is 0.727. The van der Waals surface area contributed by atoms with Gasteiger partial charge in [-0.05, 0) is 44.4 Å². The molecule has 186 valence electrons. The summed E-state index contributed by atoms with van der Waals surface area (Å²) in [6.07, 6.45) is 8.21. The zero-order valence-electron chi connectivity index (χ0n) is 19.4. The molecular formula is C22H37N5O6. The highest BCUT2D eigenvalue weighted by Gasteiger charge is 2.44. The zero-order chi connectivity index (χ0) is 24.1. The van der Waals surface area contributed by atoms with E-state index in [0.29, 0.717) is 0 Å². The molecule has 0 unspecified atom stereocenters. The van der Waals surface area contributed by atoms with Crippen LogP contribution >= 0.6 is 0 Å². The molecule has 1 amide bonds. The van der Waals surface area contributed by atoms with E-state index >= 15 is 0 Å². The molecule has 0 atom stereocenters. The van der Waals surface area contributed by atoms with E-state index in [4.69, 9.17) is 24.5 Å². The summed E-state index contributed by atoms with van der Waals surface area (Å²) in [5.74, 6) is 1.82. The van der Waals surface area contributed by atoms with Gasteiger partial charge in [0, 0.05) is 65.2 Å². The number of carboxylic acid groups (broad SMARTS) is 2. The summed E-state index contributed by atoms with van der Waals surface area (Å²) in [4.78, 5) is 34.8. The molecule has 0 aromatic carbocycles. The third-order valence-corrected chi connectivity index (χ3v) is 6.45. The van der Waals surface area contributed by atoms with E-state index in [2.05, 4.69) is 20.2 Å². The number of hydrogen-bond acceptors (Lipinski definition) is 7. The van der Waals surface area contributed by atoms with Crippen LogP contribution in [0, 0.1) is 5.92 Å². The molecule has 0 bridgehead atoms. The highest BCUT2D eigenvalue weighted by Crippen LogP contribution is 2.31. The van der Waals surface area contributed by atoms with Crippen molar-refractivity contribution in [3.05, 3.63) is 12.3 Å². The van der Waals surface area contributed by atoms with E-state index in [1.54, 1.807) is 4.68 Å². The van der Waals surface area contributed by atoms with Gasteiger partial charge in [0.1, 0.15) is 11.4 Å². The van der Waals surface area contributed by atoms with Crippen molar-refractivity contribution < 1.29 is 29.3 Å². The highest BCUT2D eigenvalue weighted by molar-refractivity contribution is 5.89. The van der Waals surface area contributed by atoms with Crippen molar-refractivity contribution in [3.63, 3.8) is 0 Å². The number of nitrogens with one attached hydrogen (secondary N) is 1. The Balaban J connectivity index is 0.000000582. The molecule has 0 radical (unpaired) electrons. The average Bonchev–Trinajstić information content (AvgIpc) is 3.49. The largest absolute Gasteiger partial charge is 0.483 e. The molecule has 0 aliphatic carbocycles. The summed E-state index contributed by atoms with van der Waals surface area (Å²) in [5.41, 5.74) is -0.509. The van der Waals surface area contributed by atoms with Crippen molar-refractivity contribution in [2.24, 2.45) is 13.0 Å². The maximum atomic E-state index is 13.4. The Bertz CT molecular complexity index is 717. The van der Waals surface area contributed by atoms with Crippen LogP contribution in [-0.2, 0) is 26.2 Å². The number of carbonyl (C=O) groups is 3. The minimum atomic E-state index is -0.509. The number of anilines is 1. The van der Waals surface area contributed by atoms with Gasteiger partial charge in [0.05, 0.1) is 0 Å². The predicted molar refractivity (Wildman–Crippen MR) is 122 cm³/mol. The molecule has 0 spiro atoms. The third-order valence-electron chi connectivity index (χ3n) is 6.45. The third kappa shape index (κ3) is 8.01. The number of aryl methyl sites for hydroxylation is 1. The van der Waals surface area contributed by atoms with E-state index in [1.165, 1.54) is 12.8 Å². The van der Waals surface area contributed by atoms with Crippen LogP contribution in [0.5, 0.6) is 0 Å². The van der Waals surface area contributed by atoms with Gasteiger partial charge in [-0.25, -0.2) is 0 Å². The van der Waals surface area contributed by atoms with E-state index < -0.39 is 5.54 Å². The predicted octanol–water partition coefficient (Wildman–Crippen LogP) is 1.12. The van der Waals surface area contributed by atoms with Crippen molar-refractivity contribution in [2.75, 3.05) is 51.3 Å². The maximum Gasteiger partial charge on any atom is 0.290 e. The Labute approximate surface area is 194 Å². The highest BCUT2D eigenvalue weighted by atomic mass is 16.5. The topological polar surface area (TPSA) is 137 Å². The Hall–Kier alpha value is -2.66. The number of carbonyl (C=O) groups excluding carboxylic acids is 1. The summed E-state index contributed by atoms with van der Waals surface area (Å²) < 4.78 is 7.28. The quantitative estimate of drug-likeness (QED) is 0.544. The molecular weight excluding hydrogens is 430 g/mol. The molecule has 3 N–H and O–H groups in total. The second-order valence-corrected chi connectivity index (χ2v) is 8.65. The number of amides is 1.